The molecule has 21 heavy (non-hydrogen) atoms. The van der Waals surface area contributed by atoms with E-state index >= 15 is 0 Å². The lowest BCUT2D eigenvalue weighted by Crippen LogP contribution is -2.44. The Morgan fingerprint density at radius 2 is 2.14 bits per heavy atom. The summed E-state index contributed by atoms with van der Waals surface area (Å²) in [6, 6.07) is 3.88. The van der Waals surface area contributed by atoms with Crippen molar-refractivity contribution in [3.63, 3.8) is 0 Å². The van der Waals surface area contributed by atoms with Gasteiger partial charge in [-0.3, -0.25) is 4.79 Å². The van der Waals surface area contributed by atoms with E-state index in [1.54, 1.807) is 6.20 Å². The topological polar surface area (TPSA) is 57.7 Å². The number of hydrogen-bond donors (Lipinski definition) is 1. The van der Waals surface area contributed by atoms with Crippen molar-refractivity contribution in [3.8, 4) is 0 Å². The Balaban J connectivity index is 1.57. The van der Waals surface area contributed by atoms with Gasteiger partial charge in [0, 0.05) is 32.8 Å². The molecule has 0 aliphatic carbocycles. The Labute approximate surface area is 125 Å². The van der Waals surface area contributed by atoms with Gasteiger partial charge < -0.3 is 19.9 Å². The van der Waals surface area contributed by atoms with Crippen molar-refractivity contribution in [2.75, 3.05) is 50.1 Å². The molecular formula is C15H22N4O2. The lowest BCUT2D eigenvalue weighted by Gasteiger charge is -2.33. The number of likely N-dealkylation sites (N-methyl/N-ethyl adjacent to an activating group) is 1. The minimum atomic E-state index is -0.303. The number of ether oxygens (including phenoxy) is 1. The maximum absolute atomic E-state index is 12.0. The Bertz CT molecular complexity index is 477. The van der Waals surface area contributed by atoms with Gasteiger partial charge in [0.15, 0.2) is 0 Å². The van der Waals surface area contributed by atoms with Crippen LogP contribution in [0, 0.1) is 0 Å². The molecule has 0 aromatic carbocycles. The van der Waals surface area contributed by atoms with Gasteiger partial charge in [0.25, 0.3) is 5.91 Å². The minimum absolute atomic E-state index is 0.0679. The first kappa shape index (κ1) is 14.3. The zero-order chi connectivity index (χ0) is 14.7. The van der Waals surface area contributed by atoms with Crippen LogP contribution in [0.5, 0.6) is 0 Å². The fraction of sp³-hybridized carbons (Fsp3) is 0.600. The summed E-state index contributed by atoms with van der Waals surface area (Å²) in [6.45, 7) is 4.77. The summed E-state index contributed by atoms with van der Waals surface area (Å²) >= 11 is 0. The lowest BCUT2D eigenvalue weighted by molar-refractivity contribution is -0.124. The van der Waals surface area contributed by atoms with Crippen molar-refractivity contribution in [3.05, 3.63) is 18.3 Å². The number of pyridine rings is 1. The number of nitrogens with zero attached hydrogens (tertiary/aromatic N) is 3. The molecule has 0 bridgehead atoms. The largest absolute Gasteiger partial charge is 0.368 e. The van der Waals surface area contributed by atoms with Gasteiger partial charge in [0.2, 0.25) is 0 Å². The SMILES string of the molecule is CN1CCN(c2ccc(NC(=O)[C@@H]3CCCO3)cn2)CC1. The molecule has 3 rings (SSSR count). The van der Waals surface area contributed by atoms with E-state index in [-0.39, 0.29) is 12.0 Å². The molecule has 0 unspecified atom stereocenters. The van der Waals surface area contributed by atoms with E-state index in [2.05, 4.69) is 27.1 Å². The summed E-state index contributed by atoms with van der Waals surface area (Å²) < 4.78 is 5.37. The number of nitrogens with one attached hydrogen (secondary N) is 1. The highest BCUT2D eigenvalue weighted by Crippen LogP contribution is 2.18. The molecule has 114 valence electrons. The molecule has 1 atom stereocenters. The summed E-state index contributed by atoms with van der Waals surface area (Å²) in [7, 11) is 2.13. The number of amides is 1. The van der Waals surface area contributed by atoms with Crippen LogP contribution >= 0.6 is 0 Å². The van der Waals surface area contributed by atoms with Gasteiger partial charge in [0.05, 0.1) is 11.9 Å². The van der Waals surface area contributed by atoms with Crippen LogP contribution in [0.4, 0.5) is 11.5 Å². The molecule has 1 aromatic heterocycles. The predicted octanol–water partition coefficient (Wildman–Crippen LogP) is 0.951. The number of anilines is 2. The monoisotopic (exact) mass is 290 g/mol. The smallest absolute Gasteiger partial charge is 0.253 e. The van der Waals surface area contributed by atoms with E-state index in [0.29, 0.717) is 6.61 Å². The van der Waals surface area contributed by atoms with Crippen molar-refractivity contribution < 1.29 is 9.53 Å². The summed E-state index contributed by atoms with van der Waals surface area (Å²) in [4.78, 5) is 21.0. The third-order valence-corrected chi connectivity index (χ3v) is 4.06. The molecule has 1 amide bonds. The molecule has 2 fully saturated rings. The number of carbonyl (C=O) groups excluding carboxylic acids is 1. The molecule has 6 nitrogen and oxygen atoms in total. The zero-order valence-electron chi connectivity index (χ0n) is 12.4. The molecule has 1 N–H and O–H groups in total. The predicted molar refractivity (Wildman–Crippen MR) is 81.6 cm³/mol. The number of carbonyl (C=O) groups is 1. The molecular weight excluding hydrogens is 268 g/mol. The van der Waals surface area contributed by atoms with Crippen LogP contribution in [-0.4, -0.2) is 61.7 Å². The third-order valence-electron chi connectivity index (χ3n) is 4.06. The van der Waals surface area contributed by atoms with E-state index in [9.17, 15) is 4.79 Å². The molecule has 0 spiro atoms. The molecule has 0 radical (unpaired) electrons. The second kappa shape index (κ2) is 6.41. The molecule has 2 aliphatic heterocycles. The zero-order valence-corrected chi connectivity index (χ0v) is 12.4. The van der Waals surface area contributed by atoms with Crippen molar-refractivity contribution in [1.82, 2.24) is 9.88 Å². The highest BCUT2D eigenvalue weighted by molar-refractivity contribution is 5.94. The van der Waals surface area contributed by atoms with Gasteiger partial charge in [-0.1, -0.05) is 0 Å². The fourth-order valence-corrected chi connectivity index (χ4v) is 2.69. The van der Waals surface area contributed by atoms with Crippen molar-refractivity contribution in [1.29, 1.82) is 0 Å². The van der Waals surface area contributed by atoms with Crippen LogP contribution in [0.15, 0.2) is 18.3 Å². The summed E-state index contributed by atoms with van der Waals surface area (Å²) in [6.07, 6.45) is 3.18. The Kier molecular flexibility index (Phi) is 4.36. The van der Waals surface area contributed by atoms with Crippen molar-refractivity contribution >= 4 is 17.4 Å². The first-order valence-electron chi connectivity index (χ1n) is 7.54. The van der Waals surface area contributed by atoms with Gasteiger partial charge in [0.1, 0.15) is 11.9 Å². The van der Waals surface area contributed by atoms with E-state index in [4.69, 9.17) is 4.74 Å². The maximum atomic E-state index is 12.0. The third kappa shape index (κ3) is 3.51. The highest BCUT2D eigenvalue weighted by Gasteiger charge is 2.23. The Morgan fingerprint density at radius 1 is 1.33 bits per heavy atom. The van der Waals surface area contributed by atoms with Crippen LogP contribution in [0.1, 0.15) is 12.8 Å². The quantitative estimate of drug-likeness (QED) is 0.898. The second-order valence-corrected chi connectivity index (χ2v) is 5.69. The van der Waals surface area contributed by atoms with Crippen molar-refractivity contribution in [2.24, 2.45) is 0 Å². The van der Waals surface area contributed by atoms with Crippen LogP contribution < -0.4 is 10.2 Å². The average molecular weight is 290 g/mol. The maximum Gasteiger partial charge on any atom is 0.253 e. The normalized spacial score (nSPS) is 23.3. The summed E-state index contributed by atoms with van der Waals surface area (Å²) in [5, 5.41) is 2.87. The molecule has 2 aliphatic rings. The van der Waals surface area contributed by atoms with Gasteiger partial charge in [-0.15, -0.1) is 0 Å². The molecule has 0 saturated carbocycles. The average Bonchev–Trinajstić information content (AvgIpc) is 3.03. The number of aromatic nitrogens is 1. The molecule has 2 saturated heterocycles. The van der Waals surface area contributed by atoms with E-state index < -0.39 is 0 Å². The number of rotatable bonds is 3. The van der Waals surface area contributed by atoms with E-state index in [1.807, 2.05) is 12.1 Å². The Morgan fingerprint density at radius 3 is 2.76 bits per heavy atom. The van der Waals surface area contributed by atoms with Gasteiger partial charge in [-0.05, 0) is 32.0 Å². The fourth-order valence-electron chi connectivity index (χ4n) is 2.69. The lowest BCUT2D eigenvalue weighted by atomic mass is 10.2. The standard InChI is InChI=1S/C15H22N4O2/c1-18-6-8-19(9-7-18)14-5-4-12(11-16-14)17-15(20)13-3-2-10-21-13/h4-5,11,13H,2-3,6-10H2,1H3,(H,17,20)/t13-/m0/s1. The first-order chi connectivity index (χ1) is 10.2. The second-order valence-electron chi connectivity index (χ2n) is 5.69. The van der Waals surface area contributed by atoms with Crippen LogP contribution in [0.3, 0.4) is 0 Å². The minimum Gasteiger partial charge on any atom is -0.368 e. The molecule has 6 heteroatoms. The first-order valence-corrected chi connectivity index (χ1v) is 7.54. The van der Waals surface area contributed by atoms with Gasteiger partial charge in [-0.2, -0.15) is 0 Å². The van der Waals surface area contributed by atoms with Gasteiger partial charge in [-0.25, -0.2) is 4.98 Å². The molecule has 1 aromatic rings. The van der Waals surface area contributed by atoms with E-state index in [0.717, 1.165) is 50.5 Å². The summed E-state index contributed by atoms with van der Waals surface area (Å²) in [5.41, 5.74) is 0.730. The Hall–Kier alpha value is -1.66. The van der Waals surface area contributed by atoms with Gasteiger partial charge >= 0.3 is 0 Å². The summed E-state index contributed by atoms with van der Waals surface area (Å²) in [5.74, 6) is 0.903. The van der Waals surface area contributed by atoms with Crippen LogP contribution in [-0.2, 0) is 9.53 Å². The highest BCUT2D eigenvalue weighted by atomic mass is 16.5. The number of hydrogen-bond acceptors (Lipinski definition) is 5. The van der Waals surface area contributed by atoms with Crippen LogP contribution in [0.25, 0.3) is 0 Å². The van der Waals surface area contributed by atoms with Crippen LogP contribution in [0.2, 0.25) is 0 Å². The van der Waals surface area contributed by atoms with Crippen molar-refractivity contribution in [2.45, 2.75) is 18.9 Å². The van der Waals surface area contributed by atoms with E-state index in [1.165, 1.54) is 0 Å². The molecule has 3 heterocycles. The number of piperazine rings is 1.